The number of benzene rings is 1. The molecule has 3 aromatic rings. The molecule has 0 bridgehead atoms. The fourth-order valence-electron chi connectivity index (χ4n) is 3.25. The van der Waals surface area contributed by atoms with Crippen molar-refractivity contribution < 1.29 is 13.9 Å². The van der Waals surface area contributed by atoms with Crippen molar-refractivity contribution in [3.8, 4) is 0 Å². The van der Waals surface area contributed by atoms with E-state index >= 15 is 0 Å². The fourth-order valence-corrected chi connectivity index (χ4v) is 3.43. The van der Waals surface area contributed by atoms with Crippen molar-refractivity contribution >= 4 is 40.5 Å². The molecule has 1 saturated heterocycles. The smallest absolute Gasteiger partial charge is 0.417 e. The van der Waals surface area contributed by atoms with E-state index in [0.29, 0.717) is 21.9 Å². The summed E-state index contributed by atoms with van der Waals surface area (Å²) in [4.78, 5) is 40.9. The first kappa shape index (κ1) is 20.0. The molecule has 9 nitrogen and oxygen atoms in total. The summed E-state index contributed by atoms with van der Waals surface area (Å²) < 4.78 is 18.1. The molecule has 11 heteroatoms. The van der Waals surface area contributed by atoms with Crippen LogP contribution >= 0.6 is 11.6 Å². The second-order valence-corrected chi connectivity index (χ2v) is 7.35. The number of ether oxygens (including phenoxy) is 1. The standard InChI is InChI=1S/C19H18ClFN6O3/c1-9(14-6-11-5-12(20)3-4-15(11)25-16(14)28)22-17-23-10(2)24-18(26-17)27-13(7-21)8-30-19(27)29/h3-6,9,13H,7-8H2,1-2H3,(H,25,28)(H,22,23,24,26)/t9-,13-/m0/s1. The van der Waals surface area contributed by atoms with E-state index in [0.717, 1.165) is 10.3 Å². The van der Waals surface area contributed by atoms with Crippen LogP contribution in [-0.4, -0.2) is 45.4 Å². The summed E-state index contributed by atoms with van der Waals surface area (Å²) in [5, 5.41) is 4.38. The minimum absolute atomic E-state index is 0.0125. The lowest BCUT2D eigenvalue weighted by Crippen LogP contribution is -2.36. The molecular formula is C19H18ClFN6O3. The van der Waals surface area contributed by atoms with Crippen LogP contribution in [0.25, 0.3) is 10.9 Å². The number of anilines is 2. The van der Waals surface area contributed by atoms with Crippen molar-refractivity contribution in [3.63, 3.8) is 0 Å². The summed E-state index contributed by atoms with van der Waals surface area (Å²) in [6.45, 7) is 2.53. The predicted octanol–water partition coefficient (Wildman–Crippen LogP) is 3.14. The van der Waals surface area contributed by atoms with Gasteiger partial charge < -0.3 is 15.0 Å². The van der Waals surface area contributed by atoms with Gasteiger partial charge in [-0.15, -0.1) is 0 Å². The third kappa shape index (κ3) is 3.78. The Balaban J connectivity index is 1.65. The number of pyridine rings is 1. The van der Waals surface area contributed by atoms with Gasteiger partial charge in [-0.3, -0.25) is 4.79 Å². The second kappa shape index (κ2) is 7.86. The fraction of sp³-hybridized carbons (Fsp3) is 0.316. The zero-order chi connectivity index (χ0) is 21.4. The number of hydrogen-bond acceptors (Lipinski definition) is 7. The van der Waals surface area contributed by atoms with Crippen LogP contribution in [0.2, 0.25) is 5.02 Å². The quantitative estimate of drug-likeness (QED) is 0.636. The van der Waals surface area contributed by atoms with Crippen molar-refractivity contribution in [2.24, 2.45) is 0 Å². The Hall–Kier alpha value is -3.27. The molecule has 0 radical (unpaired) electrons. The van der Waals surface area contributed by atoms with Crippen LogP contribution in [0.1, 0.15) is 24.4 Å². The maximum Gasteiger partial charge on any atom is 0.417 e. The van der Waals surface area contributed by atoms with Gasteiger partial charge in [-0.1, -0.05) is 11.6 Å². The summed E-state index contributed by atoms with van der Waals surface area (Å²) in [6, 6.07) is 5.66. The molecule has 0 unspecified atom stereocenters. The van der Waals surface area contributed by atoms with Gasteiger partial charge in [0.25, 0.3) is 5.56 Å². The Bertz CT molecular complexity index is 1190. The average molecular weight is 433 g/mol. The Kier molecular flexibility index (Phi) is 5.25. The van der Waals surface area contributed by atoms with Crippen molar-refractivity contribution in [3.05, 3.63) is 51.0 Å². The van der Waals surface area contributed by atoms with Crippen molar-refractivity contribution in [1.29, 1.82) is 0 Å². The van der Waals surface area contributed by atoms with Gasteiger partial charge >= 0.3 is 6.09 Å². The number of amides is 1. The number of cyclic esters (lactones) is 1. The molecule has 1 aromatic carbocycles. The molecule has 0 saturated carbocycles. The third-order valence-electron chi connectivity index (χ3n) is 4.74. The van der Waals surface area contributed by atoms with Gasteiger partial charge in [0.2, 0.25) is 11.9 Å². The van der Waals surface area contributed by atoms with Crippen molar-refractivity contribution in [2.45, 2.75) is 25.9 Å². The largest absolute Gasteiger partial charge is 0.447 e. The van der Waals surface area contributed by atoms with Gasteiger partial charge in [0.05, 0.1) is 6.04 Å². The summed E-state index contributed by atoms with van der Waals surface area (Å²) in [7, 11) is 0. The number of aromatic amines is 1. The highest BCUT2D eigenvalue weighted by molar-refractivity contribution is 6.31. The SMILES string of the molecule is Cc1nc(N[C@@H](C)c2cc3cc(Cl)ccc3[nH]c2=O)nc(N2C(=O)OC[C@@H]2CF)n1. The Morgan fingerprint density at radius 2 is 2.13 bits per heavy atom. The number of nitrogens with zero attached hydrogens (tertiary/aromatic N) is 4. The van der Waals surface area contributed by atoms with Crippen LogP contribution in [0.4, 0.5) is 21.1 Å². The zero-order valence-corrected chi connectivity index (χ0v) is 16.9. The average Bonchev–Trinajstić information content (AvgIpc) is 3.07. The first-order valence-corrected chi connectivity index (χ1v) is 9.57. The monoisotopic (exact) mass is 432 g/mol. The van der Waals surface area contributed by atoms with E-state index in [-0.39, 0.29) is 24.1 Å². The third-order valence-corrected chi connectivity index (χ3v) is 4.97. The summed E-state index contributed by atoms with van der Waals surface area (Å²) in [5.74, 6) is 0.459. The lowest BCUT2D eigenvalue weighted by Gasteiger charge is -2.19. The van der Waals surface area contributed by atoms with Crippen molar-refractivity contribution in [2.75, 3.05) is 23.5 Å². The minimum atomic E-state index is -0.794. The molecular weight excluding hydrogens is 415 g/mol. The van der Waals surface area contributed by atoms with E-state index in [2.05, 4.69) is 25.3 Å². The molecule has 4 rings (SSSR count). The van der Waals surface area contributed by atoms with Crippen LogP contribution in [0, 0.1) is 6.92 Å². The number of carbonyl (C=O) groups excluding carboxylic acids is 1. The number of rotatable bonds is 5. The minimum Gasteiger partial charge on any atom is -0.447 e. The van der Waals surface area contributed by atoms with Gasteiger partial charge in [-0.25, -0.2) is 14.1 Å². The second-order valence-electron chi connectivity index (χ2n) is 6.91. The van der Waals surface area contributed by atoms with E-state index in [1.807, 2.05) is 0 Å². The highest BCUT2D eigenvalue weighted by atomic mass is 35.5. The van der Waals surface area contributed by atoms with E-state index in [1.54, 1.807) is 38.1 Å². The van der Waals surface area contributed by atoms with E-state index in [4.69, 9.17) is 16.3 Å². The number of aryl methyl sites for hydroxylation is 1. The van der Waals surface area contributed by atoms with Gasteiger partial charge in [0.15, 0.2) is 0 Å². The van der Waals surface area contributed by atoms with Crippen LogP contribution in [-0.2, 0) is 4.74 Å². The Morgan fingerprint density at radius 3 is 2.90 bits per heavy atom. The number of carbonyl (C=O) groups is 1. The number of halogens is 2. The van der Waals surface area contributed by atoms with Crippen molar-refractivity contribution in [1.82, 2.24) is 19.9 Å². The highest BCUT2D eigenvalue weighted by Crippen LogP contribution is 2.24. The zero-order valence-electron chi connectivity index (χ0n) is 16.1. The van der Waals surface area contributed by atoms with Gasteiger partial charge in [0, 0.05) is 21.5 Å². The molecule has 1 aliphatic heterocycles. The number of fused-ring (bicyclic) bond motifs is 1. The molecule has 1 fully saturated rings. The molecule has 156 valence electrons. The molecule has 2 atom stereocenters. The number of H-pyrrole nitrogens is 1. The summed E-state index contributed by atoms with van der Waals surface area (Å²) in [5.41, 5.74) is 0.853. The van der Waals surface area contributed by atoms with Gasteiger partial charge in [0.1, 0.15) is 25.1 Å². The first-order chi connectivity index (χ1) is 14.4. The summed E-state index contributed by atoms with van der Waals surface area (Å²) >= 11 is 6.05. The molecule has 0 aliphatic carbocycles. The Labute approximate surface area is 175 Å². The van der Waals surface area contributed by atoms with Crippen LogP contribution in [0.15, 0.2) is 29.1 Å². The van der Waals surface area contributed by atoms with Crippen LogP contribution in [0.5, 0.6) is 0 Å². The van der Waals surface area contributed by atoms with Gasteiger partial charge in [-0.05, 0) is 38.1 Å². The lowest BCUT2D eigenvalue weighted by atomic mass is 10.1. The molecule has 30 heavy (non-hydrogen) atoms. The maximum atomic E-state index is 13.2. The molecule has 0 spiro atoms. The van der Waals surface area contributed by atoms with E-state index < -0.39 is 24.9 Å². The normalized spacial score (nSPS) is 17.3. The molecule has 3 heterocycles. The predicted molar refractivity (Wildman–Crippen MR) is 110 cm³/mol. The molecule has 2 aromatic heterocycles. The number of nitrogens with one attached hydrogen (secondary N) is 2. The number of hydrogen-bond donors (Lipinski definition) is 2. The Morgan fingerprint density at radius 1 is 1.33 bits per heavy atom. The van der Waals surface area contributed by atoms with Gasteiger partial charge in [-0.2, -0.15) is 15.0 Å². The molecule has 1 aliphatic rings. The van der Waals surface area contributed by atoms with Crippen LogP contribution < -0.4 is 15.8 Å². The van der Waals surface area contributed by atoms with Crippen LogP contribution in [0.3, 0.4) is 0 Å². The number of aromatic nitrogens is 4. The lowest BCUT2D eigenvalue weighted by molar-refractivity contribution is 0.177. The summed E-state index contributed by atoms with van der Waals surface area (Å²) in [6.07, 6.45) is -0.717. The number of alkyl halides is 1. The highest BCUT2D eigenvalue weighted by Gasteiger charge is 2.36. The first-order valence-electron chi connectivity index (χ1n) is 9.19. The molecule has 1 amide bonds. The molecule has 2 N–H and O–H groups in total. The topological polar surface area (TPSA) is 113 Å². The maximum absolute atomic E-state index is 13.2. The van der Waals surface area contributed by atoms with E-state index in [1.165, 1.54) is 0 Å². The van der Waals surface area contributed by atoms with E-state index in [9.17, 15) is 14.0 Å².